The Balaban J connectivity index is 1.76. The van der Waals surface area contributed by atoms with Crippen LogP contribution >= 0.6 is 0 Å². The van der Waals surface area contributed by atoms with Gasteiger partial charge in [0, 0.05) is 19.1 Å². The van der Waals surface area contributed by atoms with E-state index in [0.29, 0.717) is 11.7 Å². The average molecular weight is 223 g/mol. The minimum absolute atomic E-state index is 0.313. The molecule has 0 spiro atoms. The second kappa shape index (κ2) is 3.82. The van der Waals surface area contributed by atoms with E-state index >= 15 is 0 Å². The van der Waals surface area contributed by atoms with Crippen molar-refractivity contribution in [3.8, 4) is 0 Å². The first kappa shape index (κ1) is 10.2. The van der Waals surface area contributed by atoms with Crippen LogP contribution in [-0.4, -0.2) is 23.4 Å². The highest BCUT2D eigenvalue weighted by Gasteiger charge is 2.39. The van der Waals surface area contributed by atoms with Gasteiger partial charge in [-0.15, -0.1) is 0 Å². The monoisotopic (exact) mass is 223 g/mol. The zero-order chi connectivity index (χ0) is 11.0. The van der Waals surface area contributed by atoms with Gasteiger partial charge in [-0.05, 0) is 32.1 Å². The minimum atomic E-state index is -0.313. The summed E-state index contributed by atoms with van der Waals surface area (Å²) in [4.78, 5) is 4.47. The van der Waals surface area contributed by atoms with Crippen LogP contribution in [0.1, 0.15) is 49.7 Å². The molecular weight excluding hydrogens is 206 g/mol. The number of hydrogen-bond donors (Lipinski definition) is 1. The van der Waals surface area contributed by atoms with Crippen LogP contribution in [0.3, 0.4) is 0 Å². The molecular formula is C11H17N3O2. The van der Waals surface area contributed by atoms with E-state index in [-0.39, 0.29) is 5.54 Å². The molecule has 0 atom stereocenters. The van der Waals surface area contributed by atoms with Gasteiger partial charge in [0.2, 0.25) is 5.89 Å². The van der Waals surface area contributed by atoms with Crippen molar-refractivity contribution in [3.05, 3.63) is 11.7 Å². The smallest absolute Gasteiger partial charge is 0.230 e. The lowest BCUT2D eigenvalue weighted by Crippen LogP contribution is -2.44. The molecule has 2 heterocycles. The van der Waals surface area contributed by atoms with Crippen molar-refractivity contribution >= 4 is 0 Å². The van der Waals surface area contributed by atoms with Crippen LogP contribution in [-0.2, 0) is 10.3 Å². The zero-order valence-electron chi connectivity index (χ0n) is 9.32. The van der Waals surface area contributed by atoms with E-state index in [1.54, 1.807) is 0 Å². The third kappa shape index (κ3) is 1.64. The first-order valence-corrected chi connectivity index (χ1v) is 5.99. The Bertz CT molecular complexity index is 367. The molecule has 88 valence electrons. The van der Waals surface area contributed by atoms with E-state index < -0.39 is 0 Å². The summed E-state index contributed by atoms with van der Waals surface area (Å²) < 4.78 is 10.6. The van der Waals surface area contributed by atoms with Crippen molar-refractivity contribution in [2.24, 2.45) is 5.73 Å². The highest BCUT2D eigenvalue weighted by Crippen LogP contribution is 2.37. The third-order valence-electron chi connectivity index (χ3n) is 3.70. The molecule has 1 saturated carbocycles. The molecule has 2 N–H and O–H groups in total. The molecule has 0 bridgehead atoms. The van der Waals surface area contributed by atoms with Crippen LogP contribution < -0.4 is 5.73 Å². The van der Waals surface area contributed by atoms with Gasteiger partial charge in [0.05, 0.1) is 5.54 Å². The van der Waals surface area contributed by atoms with Gasteiger partial charge in [-0.2, -0.15) is 4.98 Å². The van der Waals surface area contributed by atoms with Crippen LogP contribution in [0.15, 0.2) is 4.52 Å². The molecule has 16 heavy (non-hydrogen) atoms. The highest BCUT2D eigenvalue weighted by molar-refractivity contribution is 5.10. The largest absolute Gasteiger partial charge is 0.381 e. The van der Waals surface area contributed by atoms with E-state index in [9.17, 15) is 0 Å². The van der Waals surface area contributed by atoms with E-state index in [1.807, 2.05) is 0 Å². The third-order valence-corrected chi connectivity index (χ3v) is 3.70. The molecule has 1 saturated heterocycles. The van der Waals surface area contributed by atoms with Gasteiger partial charge >= 0.3 is 0 Å². The molecule has 0 radical (unpaired) electrons. The molecule has 1 aliphatic carbocycles. The molecule has 5 nitrogen and oxygen atoms in total. The van der Waals surface area contributed by atoms with Crippen molar-refractivity contribution in [2.75, 3.05) is 13.2 Å². The van der Waals surface area contributed by atoms with Crippen molar-refractivity contribution in [2.45, 2.75) is 43.6 Å². The van der Waals surface area contributed by atoms with Gasteiger partial charge in [-0.25, -0.2) is 0 Å². The van der Waals surface area contributed by atoms with E-state index in [2.05, 4.69) is 10.1 Å². The van der Waals surface area contributed by atoms with E-state index in [1.165, 1.54) is 0 Å². The topological polar surface area (TPSA) is 74.2 Å². The van der Waals surface area contributed by atoms with Gasteiger partial charge in [-0.3, -0.25) is 0 Å². The normalized spacial score (nSPS) is 25.3. The predicted octanol–water partition coefficient (Wildman–Crippen LogP) is 1.30. The fourth-order valence-electron chi connectivity index (χ4n) is 2.33. The van der Waals surface area contributed by atoms with Crippen LogP contribution in [0.4, 0.5) is 0 Å². The Labute approximate surface area is 94.3 Å². The molecule has 0 aromatic carbocycles. The van der Waals surface area contributed by atoms with Gasteiger partial charge in [0.1, 0.15) is 0 Å². The maximum Gasteiger partial charge on any atom is 0.230 e. The lowest BCUT2D eigenvalue weighted by atomic mass is 9.77. The standard InChI is InChI=1S/C11H17N3O2/c12-11(4-1-5-11)10-13-9(16-14-10)8-2-6-15-7-3-8/h8H,1-7,12H2. The second-order valence-electron chi connectivity index (χ2n) is 4.85. The molecule has 5 heteroatoms. The van der Waals surface area contributed by atoms with Crippen molar-refractivity contribution in [1.82, 2.24) is 10.1 Å². The van der Waals surface area contributed by atoms with Crippen molar-refractivity contribution in [3.63, 3.8) is 0 Å². The number of nitrogens with two attached hydrogens (primary N) is 1. The number of rotatable bonds is 2. The van der Waals surface area contributed by atoms with Gasteiger partial charge in [0.15, 0.2) is 5.82 Å². The van der Waals surface area contributed by atoms with Crippen LogP contribution in [0.5, 0.6) is 0 Å². The average Bonchev–Trinajstić information content (AvgIpc) is 2.77. The molecule has 3 rings (SSSR count). The molecule has 1 aromatic rings. The van der Waals surface area contributed by atoms with Crippen LogP contribution in [0, 0.1) is 0 Å². The lowest BCUT2D eigenvalue weighted by molar-refractivity contribution is 0.0778. The van der Waals surface area contributed by atoms with Crippen LogP contribution in [0.2, 0.25) is 0 Å². The lowest BCUT2D eigenvalue weighted by Gasteiger charge is -2.34. The summed E-state index contributed by atoms with van der Waals surface area (Å²) in [6, 6.07) is 0. The Hall–Kier alpha value is -0.940. The molecule has 1 aromatic heterocycles. The molecule has 2 aliphatic rings. The SMILES string of the molecule is NC1(c2noc(C3CCOCC3)n2)CCC1. The van der Waals surface area contributed by atoms with Gasteiger partial charge < -0.3 is 15.0 Å². The summed E-state index contributed by atoms with van der Waals surface area (Å²) in [5.41, 5.74) is 5.84. The fraction of sp³-hybridized carbons (Fsp3) is 0.818. The van der Waals surface area contributed by atoms with Gasteiger partial charge in [0.25, 0.3) is 0 Å². The number of hydrogen-bond acceptors (Lipinski definition) is 5. The van der Waals surface area contributed by atoms with Crippen LogP contribution in [0.25, 0.3) is 0 Å². The highest BCUT2D eigenvalue weighted by atomic mass is 16.5. The number of nitrogens with zero attached hydrogens (tertiary/aromatic N) is 2. The molecule has 2 fully saturated rings. The predicted molar refractivity (Wildman–Crippen MR) is 56.8 cm³/mol. The summed E-state index contributed by atoms with van der Waals surface area (Å²) in [6.07, 6.45) is 5.05. The quantitative estimate of drug-likeness (QED) is 0.818. The summed E-state index contributed by atoms with van der Waals surface area (Å²) in [5.74, 6) is 1.80. The van der Waals surface area contributed by atoms with E-state index in [4.69, 9.17) is 15.0 Å². The van der Waals surface area contributed by atoms with E-state index in [0.717, 1.165) is 51.2 Å². The summed E-state index contributed by atoms with van der Waals surface area (Å²) >= 11 is 0. The summed E-state index contributed by atoms with van der Waals surface area (Å²) in [7, 11) is 0. The summed E-state index contributed by atoms with van der Waals surface area (Å²) in [6.45, 7) is 1.58. The Morgan fingerprint density at radius 2 is 2.00 bits per heavy atom. The summed E-state index contributed by atoms with van der Waals surface area (Å²) in [5, 5.41) is 4.03. The number of ether oxygens (including phenoxy) is 1. The second-order valence-corrected chi connectivity index (χ2v) is 4.85. The first-order chi connectivity index (χ1) is 7.78. The molecule has 0 unspecified atom stereocenters. The Morgan fingerprint density at radius 3 is 2.62 bits per heavy atom. The number of aromatic nitrogens is 2. The maximum absolute atomic E-state index is 6.16. The Morgan fingerprint density at radius 1 is 1.25 bits per heavy atom. The van der Waals surface area contributed by atoms with Gasteiger partial charge in [-0.1, -0.05) is 5.16 Å². The van der Waals surface area contributed by atoms with Crippen molar-refractivity contribution < 1.29 is 9.26 Å². The van der Waals surface area contributed by atoms with Crippen molar-refractivity contribution in [1.29, 1.82) is 0 Å². The maximum atomic E-state index is 6.16. The molecule has 0 amide bonds. The first-order valence-electron chi connectivity index (χ1n) is 5.99. The fourth-order valence-corrected chi connectivity index (χ4v) is 2.33. The Kier molecular flexibility index (Phi) is 2.44. The zero-order valence-corrected chi connectivity index (χ0v) is 9.32. The molecule has 1 aliphatic heterocycles. The minimum Gasteiger partial charge on any atom is -0.381 e.